The molecule has 0 aliphatic carbocycles. The van der Waals surface area contributed by atoms with Gasteiger partial charge in [0.1, 0.15) is 0 Å². The molecular formula is C16H18O3S. The van der Waals surface area contributed by atoms with Crippen molar-refractivity contribution in [3.63, 3.8) is 0 Å². The summed E-state index contributed by atoms with van der Waals surface area (Å²) >= 11 is 0. The Hall–Kier alpha value is -1.65. The van der Waals surface area contributed by atoms with Gasteiger partial charge in [-0.3, -0.25) is 0 Å². The molecule has 3 nitrogen and oxygen atoms in total. The van der Waals surface area contributed by atoms with Crippen LogP contribution >= 0.6 is 0 Å². The fourth-order valence-electron chi connectivity index (χ4n) is 2.10. The van der Waals surface area contributed by atoms with Gasteiger partial charge in [-0.15, -0.1) is 0 Å². The quantitative estimate of drug-likeness (QED) is 0.768. The minimum absolute atomic E-state index is 0.102. The second kappa shape index (κ2) is 6.68. The third kappa shape index (κ3) is 3.46. The van der Waals surface area contributed by atoms with E-state index in [2.05, 4.69) is 0 Å². The van der Waals surface area contributed by atoms with Gasteiger partial charge < -0.3 is 4.74 Å². The van der Waals surface area contributed by atoms with Gasteiger partial charge in [0.2, 0.25) is 0 Å². The zero-order chi connectivity index (χ0) is 14.4. The number of benzene rings is 2. The zero-order valence-corrected chi connectivity index (χ0v) is 12.3. The molecule has 106 valence electrons. The summed E-state index contributed by atoms with van der Waals surface area (Å²) in [4.78, 5) is 0.391. The molecule has 0 fully saturated rings. The zero-order valence-electron chi connectivity index (χ0n) is 11.5. The van der Waals surface area contributed by atoms with E-state index in [1.807, 2.05) is 42.5 Å². The molecule has 0 aliphatic rings. The standard InChI is InChI=1S/C16H18O3S/c1-19-12-7-13-20(17,18)16-11-6-5-10-15(16)14-8-3-2-4-9-14/h2-6,8-11H,7,12-13H2,1H3. The van der Waals surface area contributed by atoms with Gasteiger partial charge in [0.25, 0.3) is 0 Å². The molecule has 0 aliphatic heterocycles. The summed E-state index contributed by atoms with van der Waals surface area (Å²) in [5.41, 5.74) is 1.67. The Kier molecular flexibility index (Phi) is 4.93. The van der Waals surface area contributed by atoms with Crippen LogP contribution in [-0.2, 0) is 14.6 Å². The number of hydrogen-bond donors (Lipinski definition) is 0. The van der Waals surface area contributed by atoms with Crippen molar-refractivity contribution in [1.29, 1.82) is 0 Å². The summed E-state index contributed by atoms with van der Waals surface area (Å²) in [6, 6.07) is 16.7. The minimum Gasteiger partial charge on any atom is -0.385 e. The van der Waals surface area contributed by atoms with Gasteiger partial charge in [0.15, 0.2) is 9.84 Å². The molecule has 0 amide bonds. The second-order valence-electron chi connectivity index (χ2n) is 4.53. The SMILES string of the molecule is COCCCS(=O)(=O)c1ccccc1-c1ccccc1. The predicted molar refractivity (Wildman–Crippen MR) is 80.4 cm³/mol. The molecule has 0 N–H and O–H groups in total. The van der Waals surface area contributed by atoms with Crippen LogP contribution in [0.2, 0.25) is 0 Å². The summed E-state index contributed by atoms with van der Waals surface area (Å²) in [6.07, 6.45) is 0.502. The van der Waals surface area contributed by atoms with Gasteiger partial charge in [-0.05, 0) is 18.1 Å². The summed E-state index contributed by atoms with van der Waals surface area (Å²) < 4.78 is 29.8. The highest BCUT2D eigenvalue weighted by atomic mass is 32.2. The fraction of sp³-hybridized carbons (Fsp3) is 0.250. The molecule has 4 heteroatoms. The van der Waals surface area contributed by atoms with E-state index in [0.717, 1.165) is 11.1 Å². The lowest BCUT2D eigenvalue weighted by atomic mass is 10.1. The molecular weight excluding hydrogens is 272 g/mol. The normalized spacial score (nSPS) is 11.4. The van der Waals surface area contributed by atoms with Crippen LogP contribution in [0.1, 0.15) is 6.42 Å². The Balaban J connectivity index is 2.38. The van der Waals surface area contributed by atoms with Crippen molar-refractivity contribution in [1.82, 2.24) is 0 Å². The largest absolute Gasteiger partial charge is 0.385 e. The van der Waals surface area contributed by atoms with Crippen molar-refractivity contribution in [2.24, 2.45) is 0 Å². The van der Waals surface area contributed by atoms with Crippen LogP contribution in [0.25, 0.3) is 11.1 Å². The van der Waals surface area contributed by atoms with Gasteiger partial charge in [0.05, 0.1) is 10.6 Å². The maximum absolute atomic E-state index is 12.4. The van der Waals surface area contributed by atoms with Gasteiger partial charge >= 0.3 is 0 Å². The Morgan fingerprint density at radius 3 is 2.30 bits per heavy atom. The van der Waals surface area contributed by atoms with E-state index in [0.29, 0.717) is 17.9 Å². The molecule has 2 rings (SSSR count). The van der Waals surface area contributed by atoms with Gasteiger partial charge in [0, 0.05) is 19.3 Å². The molecule has 0 unspecified atom stereocenters. The van der Waals surface area contributed by atoms with E-state index in [-0.39, 0.29) is 5.75 Å². The van der Waals surface area contributed by atoms with E-state index in [4.69, 9.17) is 4.74 Å². The Bertz CT molecular complexity index is 648. The van der Waals surface area contributed by atoms with Gasteiger partial charge in [-0.25, -0.2) is 8.42 Å². The van der Waals surface area contributed by atoms with Crippen LogP contribution in [-0.4, -0.2) is 27.9 Å². The highest BCUT2D eigenvalue weighted by molar-refractivity contribution is 7.91. The van der Waals surface area contributed by atoms with E-state index < -0.39 is 9.84 Å². The number of methoxy groups -OCH3 is 1. The molecule has 0 radical (unpaired) electrons. The highest BCUT2D eigenvalue weighted by Gasteiger charge is 2.18. The average molecular weight is 290 g/mol. The number of rotatable bonds is 6. The molecule has 0 atom stereocenters. The molecule has 2 aromatic carbocycles. The first-order chi connectivity index (χ1) is 9.65. The Morgan fingerprint density at radius 1 is 0.950 bits per heavy atom. The molecule has 0 saturated heterocycles. The summed E-state index contributed by atoms with van der Waals surface area (Å²) in [6.45, 7) is 0.451. The first-order valence-electron chi connectivity index (χ1n) is 6.51. The van der Waals surface area contributed by atoms with Crippen LogP contribution in [0.4, 0.5) is 0 Å². The second-order valence-corrected chi connectivity index (χ2v) is 6.60. The number of ether oxygens (including phenoxy) is 1. The third-order valence-corrected chi connectivity index (χ3v) is 4.92. The van der Waals surface area contributed by atoms with Crippen LogP contribution in [0.15, 0.2) is 59.5 Å². The van der Waals surface area contributed by atoms with Crippen LogP contribution < -0.4 is 0 Å². The maximum Gasteiger partial charge on any atom is 0.179 e. The molecule has 0 heterocycles. The topological polar surface area (TPSA) is 43.4 Å². The van der Waals surface area contributed by atoms with E-state index in [9.17, 15) is 8.42 Å². The average Bonchev–Trinajstić information content (AvgIpc) is 2.48. The number of hydrogen-bond acceptors (Lipinski definition) is 3. The van der Waals surface area contributed by atoms with Crippen LogP contribution in [0, 0.1) is 0 Å². The fourth-order valence-corrected chi connectivity index (χ4v) is 3.62. The van der Waals surface area contributed by atoms with Crippen molar-refractivity contribution in [2.75, 3.05) is 19.5 Å². The third-order valence-electron chi connectivity index (χ3n) is 3.07. The molecule has 20 heavy (non-hydrogen) atoms. The Labute approximate surface area is 120 Å². The van der Waals surface area contributed by atoms with E-state index >= 15 is 0 Å². The molecule has 0 spiro atoms. The first-order valence-corrected chi connectivity index (χ1v) is 8.16. The van der Waals surface area contributed by atoms with Crippen molar-refractivity contribution >= 4 is 9.84 Å². The molecule has 0 bridgehead atoms. The highest BCUT2D eigenvalue weighted by Crippen LogP contribution is 2.27. The van der Waals surface area contributed by atoms with Crippen molar-refractivity contribution < 1.29 is 13.2 Å². The maximum atomic E-state index is 12.4. The van der Waals surface area contributed by atoms with Gasteiger partial charge in [-0.1, -0.05) is 48.5 Å². The Morgan fingerprint density at radius 2 is 1.60 bits per heavy atom. The van der Waals surface area contributed by atoms with Crippen molar-refractivity contribution in [2.45, 2.75) is 11.3 Å². The number of sulfone groups is 1. The van der Waals surface area contributed by atoms with Crippen LogP contribution in [0.5, 0.6) is 0 Å². The van der Waals surface area contributed by atoms with Crippen LogP contribution in [0.3, 0.4) is 0 Å². The monoisotopic (exact) mass is 290 g/mol. The predicted octanol–water partition coefficient (Wildman–Crippen LogP) is 3.16. The smallest absolute Gasteiger partial charge is 0.179 e. The van der Waals surface area contributed by atoms with Gasteiger partial charge in [-0.2, -0.15) is 0 Å². The first kappa shape index (κ1) is 14.8. The van der Waals surface area contributed by atoms with Crippen molar-refractivity contribution in [3.05, 3.63) is 54.6 Å². The minimum atomic E-state index is -3.29. The lowest BCUT2D eigenvalue weighted by molar-refractivity contribution is 0.199. The molecule has 0 aromatic heterocycles. The summed E-state index contributed by atoms with van der Waals surface area (Å²) in [5.74, 6) is 0.102. The lowest BCUT2D eigenvalue weighted by Crippen LogP contribution is -2.10. The van der Waals surface area contributed by atoms with E-state index in [1.165, 1.54) is 0 Å². The van der Waals surface area contributed by atoms with Crippen molar-refractivity contribution in [3.8, 4) is 11.1 Å². The molecule has 2 aromatic rings. The summed E-state index contributed by atoms with van der Waals surface area (Å²) in [7, 11) is -1.72. The molecule has 0 saturated carbocycles. The summed E-state index contributed by atoms with van der Waals surface area (Å²) in [5, 5.41) is 0. The lowest BCUT2D eigenvalue weighted by Gasteiger charge is -2.10. The van der Waals surface area contributed by atoms with E-state index in [1.54, 1.807) is 19.2 Å².